The smallest absolute Gasteiger partial charge is 0.175 e. The predicted molar refractivity (Wildman–Crippen MR) is 83.9 cm³/mol. The van der Waals surface area contributed by atoms with Crippen molar-refractivity contribution in [3.05, 3.63) is 29.8 Å². The highest BCUT2D eigenvalue weighted by Gasteiger charge is 2.29. The maximum absolute atomic E-state index is 11.4. The maximum Gasteiger partial charge on any atom is 0.175 e. The fraction of sp³-hybridized carbons (Fsp3) is 0.625. The summed E-state index contributed by atoms with van der Waals surface area (Å²) < 4.78 is 22.8. The average Bonchev–Trinajstić information content (AvgIpc) is 2.75. The normalized spacial score (nSPS) is 27.7. The van der Waals surface area contributed by atoms with Crippen LogP contribution < -0.4 is 5.32 Å². The van der Waals surface area contributed by atoms with Gasteiger partial charge in [-0.1, -0.05) is 26.0 Å². The molecule has 5 heteroatoms. The minimum absolute atomic E-state index is 0.282. The van der Waals surface area contributed by atoms with E-state index in [1.807, 2.05) is 0 Å². The molecule has 4 unspecified atom stereocenters. The lowest BCUT2D eigenvalue weighted by Crippen LogP contribution is -2.35. The van der Waals surface area contributed by atoms with Gasteiger partial charge in [0.1, 0.15) is 0 Å². The number of aliphatic hydroxyl groups is 1. The first kappa shape index (κ1) is 16.5. The van der Waals surface area contributed by atoms with Crippen molar-refractivity contribution in [2.45, 2.75) is 43.7 Å². The molecular formula is C16H25NO3S. The van der Waals surface area contributed by atoms with Gasteiger partial charge in [-0.3, -0.25) is 0 Å². The third-order valence-corrected chi connectivity index (χ3v) is 5.86. The van der Waals surface area contributed by atoms with Crippen LogP contribution in [0.5, 0.6) is 0 Å². The molecule has 0 bridgehead atoms. The molecule has 0 aliphatic heterocycles. The fourth-order valence-corrected chi connectivity index (χ4v) is 3.60. The van der Waals surface area contributed by atoms with E-state index in [1.54, 1.807) is 24.3 Å². The molecule has 1 fully saturated rings. The quantitative estimate of drug-likeness (QED) is 0.874. The van der Waals surface area contributed by atoms with Gasteiger partial charge in [-0.05, 0) is 42.4 Å². The molecule has 1 aromatic carbocycles. The number of nitrogens with one attached hydrogen (secondary N) is 1. The largest absolute Gasteiger partial charge is 0.387 e. The van der Waals surface area contributed by atoms with Gasteiger partial charge in [0.15, 0.2) is 9.84 Å². The molecule has 1 aromatic rings. The lowest BCUT2D eigenvalue weighted by molar-refractivity contribution is 0.165. The Morgan fingerprint density at radius 1 is 1.24 bits per heavy atom. The highest BCUT2D eigenvalue weighted by atomic mass is 32.2. The van der Waals surface area contributed by atoms with E-state index in [0.29, 0.717) is 18.5 Å². The third-order valence-electron chi connectivity index (χ3n) is 4.73. The molecule has 21 heavy (non-hydrogen) atoms. The van der Waals surface area contributed by atoms with E-state index in [0.717, 1.165) is 17.9 Å². The molecule has 4 nitrogen and oxygen atoms in total. The molecule has 1 aliphatic carbocycles. The molecule has 0 spiro atoms. The Hall–Kier alpha value is -0.910. The molecule has 0 saturated heterocycles. The first-order chi connectivity index (χ1) is 9.79. The van der Waals surface area contributed by atoms with Crippen molar-refractivity contribution >= 4 is 9.84 Å². The second-order valence-electron chi connectivity index (χ2n) is 6.29. The van der Waals surface area contributed by atoms with Crippen LogP contribution in [0.25, 0.3) is 0 Å². The van der Waals surface area contributed by atoms with E-state index >= 15 is 0 Å². The summed E-state index contributed by atoms with van der Waals surface area (Å²) >= 11 is 0. The zero-order valence-electron chi connectivity index (χ0n) is 12.9. The van der Waals surface area contributed by atoms with Gasteiger partial charge in [0.25, 0.3) is 0 Å². The van der Waals surface area contributed by atoms with Gasteiger partial charge in [0.2, 0.25) is 0 Å². The van der Waals surface area contributed by atoms with Crippen LogP contribution >= 0.6 is 0 Å². The number of sulfone groups is 1. The molecule has 0 heterocycles. The Bertz CT molecular complexity index is 568. The summed E-state index contributed by atoms with van der Waals surface area (Å²) in [5, 5.41) is 13.7. The van der Waals surface area contributed by atoms with Crippen LogP contribution in [0.1, 0.15) is 38.4 Å². The van der Waals surface area contributed by atoms with Crippen molar-refractivity contribution < 1.29 is 13.5 Å². The zero-order valence-corrected chi connectivity index (χ0v) is 13.7. The van der Waals surface area contributed by atoms with Gasteiger partial charge in [0.05, 0.1) is 11.0 Å². The average molecular weight is 311 g/mol. The van der Waals surface area contributed by atoms with Gasteiger partial charge in [-0.25, -0.2) is 8.42 Å². The van der Waals surface area contributed by atoms with Crippen LogP contribution in [0.15, 0.2) is 29.2 Å². The van der Waals surface area contributed by atoms with Crippen molar-refractivity contribution in [2.75, 3.05) is 12.8 Å². The molecule has 0 amide bonds. The molecule has 118 valence electrons. The van der Waals surface area contributed by atoms with Crippen molar-refractivity contribution in [3.8, 4) is 0 Å². The van der Waals surface area contributed by atoms with Gasteiger partial charge in [-0.15, -0.1) is 0 Å². The second kappa shape index (κ2) is 6.46. The molecule has 0 aromatic heterocycles. The van der Waals surface area contributed by atoms with Gasteiger partial charge in [-0.2, -0.15) is 0 Å². The summed E-state index contributed by atoms with van der Waals surface area (Å²) in [5.74, 6) is 1.36. The Kier molecular flexibility index (Phi) is 5.07. The van der Waals surface area contributed by atoms with Crippen LogP contribution in [-0.2, 0) is 9.84 Å². The number of rotatable bonds is 5. The van der Waals surface area contributed by atoms with Crippen LogP contribution in [0.2, 0.25) is 0 Å². The molecule has 0 radical (unpaired) electrons. The van der Waals surface area contributed by atoms with Crippen molar-refractivity contribution in [1.82, 2.24) is 5.32 Å². The number of hydrogen-bond acceptors (Lipinski definition) is 4. The van der Waals surface area contributed by atoms with E-state index < -0.39 is 15.9 Å². The van der Waals surface area contributed by atoms with Crippen molar-refractivity contribution in [3.63, 3.8) is 0 Å². The molecule has 4 atom stereocenters. The standard InChI is InChI=1S/C16H25NO3S/c1-11-4-9-15(12(11)2)17-10-16(18)13-5-7-14(8-6-13)21(3,19)20/h5-8,11-12,15-18H,4,9-10H2,1-3H3. The van der Waals surface area contributed by atoms with Gasteiger partial charge >= 0.3 is 0 Å². The van der Waals surface area contributed by atoms with E-state index in [9.17, 15) is 13.5 Å². The summed E-state index contributed by atoms with van der Waals surface area (Å²) in [7, 11) is -3.18. The SMILES string of the molecule is CC1CCC(NCC(O)c2ccc(S(C)(=O)=O)cc2)C1C. The second-order valence-corrected chi connectivity index (χ2v) is 8.30. The minimum Gasteiger partial charge on any atom is -0.387 e. The third kappa shape index (κ3) is 4.05. The van der Waals surface area contributed by atoms with E-state index in [2.05, 4.69) is 19.2 Å². The zero-order chi connectivity index (χ0) is 15.6. The van der Waals surface area contributed by atoms with Gasteiger partial charge in [0, 0.05) is 18.8 Å². The van der Waals surface area contributed by atoms with Crippen molar-refractivity contribution in [2.24, 2.45) is 11.8 Å². The first-order valence-electron chi connectivity index (χ1n) is 7.50. The Labute approximate surface area is 127 Å². The van der Waals surface area contributed by atoms with Crippen LogP contribution in [0.4, 0.5) is 0 Å². The summed E-state index contributed by atoms with van der Waals surface area (Å²) in [6.07, 6.45) is 2.96. The molecule has 2 N–H and O–H groups in total. The van der Waals surface area contributed by atoms with E-state index in [-0.39, 0.29) is 4.90 Å². The molecule has 1 saturated carbocycles. The predicted octanol–water partition coefficient (Wildman–Crippen LogP) is 2.15. The maximum atomic E-state index is 11.4. The molecule has 2 rings (SSSR count). The number of aliphatic hydroxyl groups excluding tert-OH is 1. The summed E-state index contributed by atoms with van der Waals surface area (Å²) in [6.45, 7) is 5.02. The topological polar surface area (TPSA) is 66.4 Å². The molecular weight excluding hydrogens is 286 g/mol. The van der Waals surface area contributed by atoms with E-state index in [4.69, 9.17) is 0 Å². The van der Waals surface area contributed by atoms with Crippen LogP contribution in [0, 0.1) is 11.8 Å². The van der Waals surface area contributed by atoms with Gasteiger partial charge < -0.3 is 10.4 Å². The number of hydrogen-bond donors (Lipinski definition) is 2. The Morgan fingerprint density at radius 2 is 1.86 bits per heavy atom. The summed E-state index contributed by atoms with van der Waals surface area (Å²) in [6, 6.07) is 6.93. The molecule has 1 aliphatic rings. The summed E-state index contributed by atoms with van der Waals surface area (Å²) in [4.78, 5) is 0.282. The van der Waals surface area contributed by atoms with Crippen LogP contribution in [0.3, 0.4) is 0 Å². The van der Waals surface area contributed by atoms with E-state index in [1.165, 1.54) is 12.7 Å². The highest BCUT2D eigenvalue weighted by Crippen LogP contribution is 2.31. The van der Waals surface area contributed by atoms with Crippen LogP contribution in [-0.4, -0.2) is 32.4 Å². The Balaban J connectivity index is 1.93. The number of benzene rings is 1. The first-order valence-corrected chi connectivity index (χ1v) is 9.39. The lowest BCUT2D eigenvalue weighted by Gasteiger charge is -2.21. The Morgan fingerprint density at radius 3 is 2.33 bits per heavy atom. The lowest BCUT2D eigenvalue weighted by atomic mass is 9.97. The monoisotopic (exact) mass is 311 g/mol. The summed E-state index contributed by atoms with van der Waals surface area (Å²) in [5.41, 5.74) is 0.744. The highest BCUT2D eigenvalue weighted by molar-refractivity contribution is 7.90. The van der Waals surface area contributed by atoms with Crippen molar-refractivity contribution in [1.29, 1.82) is 0 Å². The fourth-order valence-electron chi connectivity index (χ4n) is 2.97. The minimum atomic E-state index is -3.18.